The first-order chi connectivity index (χ1) is 15.7. The summed E-state index contributed by atoms with van der Waals surface area (Å²) in [5, 5.41) is 19.9. The third kappa shape index (κ3) is 5.05. The van der Waals surface area contributed by atoms with Gasteiger partial charge in [0.25, 0.3) is 5.91 Å². The van der Waals surface area contributed by atoms with Gasteiger partial charge < -0.3 is 16.0 Å². The van der Waals surface area contributed by atoms with Crippen LogP contribution in [0.5, 0.6) is 0 Å². The normalized spacial score (nSPS) is 14.9. The van der Waals surface area contributed by atoms with Gasteiger partial charge in [0.1, 0.15) is 11.9 Å². The third-order valence-corrected chi connectivity index (χ3v) is 5.84. The van der Waals surface area contributed by atoms with E-state index in [9.17, 15) is 10.1 Å². The van der Waals surface area contributed by atoms with Crippen molar-refractivity contribution >= 4 is 29.0 Å². The lowest BCUT2D eigenvalue weighted by atomic mass is 9.84. The molecule has 162 valence electrons. The first kappa shape index (κ1) is 21.8. The van der Waals surface area contributed by atoms with Gasteiger partial charge in [-0.25, -0.2) is 4.98 Å². The van der Waals surface area contributed by atoms with Crippen molar-refractivity contribution in [1.82, 2.24) is 15.3 Å². The number of benzene rings is 1. The molecule has 1 saturated heterocycles. The number of carbonyl (C=O) groups is 1. The van der Waals surface area contributed by atoms with E-state index in [2.05, 4.69) is 32.0 Å². The molecule has 3 aromatic rings. The van der Waals surface area contributed by atoms with Crippen LogP contribution in [0.2, 0.25) is 5.02 Å². The molecule has 1 amide bonds. The molecule has 32 heavy (non-hydrogen) atoms. The van der Waals surface area contributed by atoms with Crippen LogP contribution in [0.4, 0.5) is 11.5 Å². The number of halogens is 1. The van der Waals surface area contributed by atoms with Gasteiger partial charge >= 0.3 is 0 Å². The molecule has 0 aliphatic carbocycles. The first-order valence-electron chi connectivity index (χ1n) is 10.5. The number of nitrogens with zero attached hydrogens (tertiary/aromatic N) is 3. The van der Waals surface area contributed by atoms with E-state index in [1.54, 1.807) is 30.6 Å². The number of piperidine rings is 1. The average Bonchev–Trinajstić information content (AvgIpc) is 2.84. The molecule has 7 nitrogen and oxygen atoms in total. The zero-order valence-electron chi connectivity index (χ0n) is 17.4. The van der Waals surface area contributed by atoms with Crippen LogP contribution in [0.15, 0.2) is 61.1 Å². The van der Waals surface area contributed by atoms with Crippen molar-refractivity contribution in [1.29, 1.82) is 5.26 Å². The molecule has 2 aromatic heterocycles. The molecule has 3 N–H and O–H groups in total. The Morgan fingerprint density at radius 1 is 1.16 bits per heavy atom. The Morgan fingerprint density at radius 2 is 1.97 bits per heavy atom. The van der Waals surface area contributed by atoms with Crippen molar-refractivity contribution < 1.29 is 4.79 Å². The van der Waals surface area contributed by atoms with E-state index in [1.807, 2.05) is 24.3 Å². The summed E-state index contributed by atoms with van der Waals surface area (Å²) in [6.45, 7) is 1.83. The predicted octanol–water partition coefficient (Wildman–Crippen LogP) is 4.41. The highest BCUT2D eigenvalue weighted by molar-refractivity contribution is 6.30. The molecular formula is C24H23ClN6O. The fourth-order valence-electron chi connectivity index (χ4n) is 4.00. The molecule has 0 spiro atoms. The molecule has 1 aromatic carbocycles. The van der Waals surface area contributed by atoms with Crippen LogP contribution < -0.4 is 16.0 Å². The number of pyridine rings is 2. The number of para-hydroxylation sites is 1. The second-order valence-electron chi connectivity index (χ2n) is 7.65. The molecule has 0 saturated carbocycles. The van der Waals surface area contributed by atoms with Gasteiger partial charge in [0.2, 0.25) is 0 Å². The Balaban J connectivity index is 1.64. The number of amides is 1. The Morgan fingerprint density at radius 3 is 2.72 bits per heavy atom. The number of anilines is 2. The highest BCUT2D eigenvalue weighted by atomic mass is 35.5. The maximum Gasteiger partial charge on any atom is 0.258 e. The Labute approximate surface area is 191 Å². The summed E-state index contributed by atoms with van der Waals surface area (Å²) in [4.78, 5) is 21.3. The van der Waals surface area contributed by atoms with E-state index in [0.717, 1.165) is 31.5 Å². The van der Waals surface area contributed by atoms with Gasteiger partial charge in [-0.3, -0.25) is 9.78 Å². The molecule has 3 heterocycles. The van der Waals surface area contributed by atoms with Crippen molar-refractivity contribution in [3.05, 3.63) is 82.8 Å². The van der Waals surface area contributed by atoms with Gasteiger partial charge in [-0.15, -0.1) is 0 Å². The monoisotopic (exact) mass is 446 g/mol. The number of aromatic nitrogens is 2. The first-order valence-corrected chi connectivity index (χ1v) is 10.9. The minimum absolute atomic E-state index is 0.127. The van der Waals surface area contributed by atoms with Gasteiger partial charge in [-0.2, -0.15) is 5.26 Å². The zero-order valence-corrected chi connectivity index (χ0v) is 18.1. The number of nitriles is 1. The fraction of sp³-hybridized carbons (Fsp3) is 0.250. The lowest BCUT2D eigenvalue weighted by Crippen LogP contribution is -2.34. The Bertz CT molecular complexity index is 1120. The van der Waals surface area contributed by atoms with E-state index in [1.165, 1.54) is 6.20 Å². The summed E-state index contributed by atoms with van der Waals surface area (Å²) >= 11 is 5.89. The summed E-state index contributed by atoms with van der Waals surface area (Å²) < 4.78 is 0. The summed E-state index contributed by atoms with van der Waals surface area (Å²) in [6.07, 6.45) is 6.72. The SMILES string of the molecule is N#Cc1cnccc1C(Nc1ccccc1C(=O)Nc1ccc(Cl)cn1)C1CCNCC1. The molecule has 1 aliphatic heterocycles. The summed E-state index contributed by atoms with van der Waals surface area (Å²) in [7, 11) is 0. The second kappa shape index (κ2) is 10.2. The molecule has 0 radical (unpaired) electrons. The predicted molar refractivity (Wildman–Crippen MR) is 125 cm³/mol. The summed E-state index contributed by atoms with van der Waals surface area (Å²) in [5.74, 6) is 0.451. The number of carbonyl (C=O) groups excluding carboxylic acids is 1. The molecule has 1 atom stereocenters. The van der Waals surface area contributed by atoms with Crippen molar-refractivity contribution in [2.24, 2.45) is 5.92 Å². The molecule has 1 unspecified atom stereocenters. The van der Waals surface area contributed by atoms with Crippen LogP contribution in [0.1, 0.15) is 40.4 Å². The van der Waals surface area contributed by atoms with Crippen LogP contribution in [0.25, 0.3) is 0 Å². The van der Waals surface area contributed by atoms with E-state index < -0.39 is 0 Å². The van der Waals surface area contributed by atoms with Gasteiger partial charge in [-0.05, 0) is 67.7 Å². The minimum Gasteiger partial charge on any atom is -0.377 e. The summed E-state index contributed by atoms with van der Waals surface area (Å²) in [6, 6.07) is 14.7. The van der Waals surface area contributed by atoms with Gasteiger partial charge in [0.05, 0.1) is 22.2 Å². The lowest BCUT2D eigenvalue weighted by Gasteiger charge is -2.33. The zero-order chi connectivity index (χ0) is 22.3. The van der Waals surface area contributed by atoms with Crippen LogP contribution >= 0.6 is 11.6 Å². The third-order valence-electron chi connectivity index (χ3n) is 5.62. The van der Waals surface area contributed by atoms with Gasteiger partial charge in [-0.1, -0.05) is 23.7 Å². The Kier molecular flexibility index (Phi) is 6.95. The van der Waals surface area contributed by atoms with Crippen molar-refractivity contribution in [2.45, 2.75) is 18.9 Å². The topological polar surface area (TPSA) is 103 Å². The minimum atomic E-state index is -0.276. The quantitative estimate of drug-likeness (QED) is 0.518. The molecule has 4 rings (SSSR count). The maximum atomic E-state index is 13.0. The van der Waals surface area contributed by atoms with Crippen LogP contribution in [-0.2, 0) is 0 Å². The van der Waals surface area contributed by atoms with Crippen LogP contribution in [-0.4, -0.2) is 29.0 Å². The van der Waals surface area contributed by atoms with E-state index in [0.29, 0.717) is 33.6 Å². The molecule has 8 heteroatoms. The number of rotatable bonds is 6. The lowest BCUT2D eigenvalue weighted by molar-refractivity contribution is 0.102. The second-order valence-corrected chi connectivity index (χ2v) is 8.08. The number of nitrogens with one attached hydrogen (secondary N) is 3. The molecule has 1 aliphatic rings. The molecular weight excluding hydrogens is 424 g/mol. The maximum absolute atomic E-state index is 13.0. The van der Waals surface area contributed by atoms with Gasteiger partial charge in [0.15, 0.2) is 0 Å². The number of hydrogen-bond acceptors (Lipinski definition) is 6. The van der Waals surface area contributed by atoms with Crippen molar-refractivity contribution in [3.63, 3.8) is 0 Å². The standard InChI is InChI=1S/C24H23ClN6O/c25-18-5-6-22(29-15-18)31-24(32)20-3-1-2-4-21(20)30-23(16-7-10-27-11-8-16)19-9-12-28-14-17(19)13-26/h1-6,9,12,14-16,23,27,30H,7-8,10-11H2,(H,29,31,32). The van der Waals surface area contributed by atoms with Gasteiger partial charge in [0, 0.05) is 24.3 Å². The van der Waals surface area contributed by atoms with E-state index in [-0.39, 0.29) is 11.9 Å². The average molecular weight is 447 g/mol. The molecule has 1 fully saturated rings. The largest absolute Gasteiger partial charge is 0.377 e. The van der Waals surface area contributed by atoms with E-state index >= 15 is 0 Å². The Hall–Kier alpha value is -3.47. The van der Waals surface area contributed by atoms with Crippen molar-refractivity contribution in [2.75, 3.05) is 23.7 Å². The number of hydrogen-bond donors (Lipinski definition) is 3. The van der Waals surface area contributed by atoms with Crippen LogP contribution in [0.3, 0.4) is 0 Å². The van der Waals surface area contributed by atoms with Crippen LogP contribution in [0, 0.1) is 17.2 Å². The molecule has 0 bridgehead atoms. The summed E-state index contributed by atoms with van der Waals surface area (Å²) in [5.41, 5.74) is 2.62. The highest BCUT2D eigenvalue weighted by Crippen LogP contribution is 2.34. The highest BCUT2D eigenvalue weighted by Gasteiger charge is 2.28. The fourth-order valence-corrected chi connectivity index (χ4v) is 4.12. The van der Waals surface area contributed by atoms with E-state index in [4.69, 9.17) is 11.6 Å². The van der Waals surface area contributed by atoms with Crippen molar-refractivity contribution in [3.8, 4) is 6.07 Å². The smallest absolute Gasteiger partial charge is 0.258 e.